The van der Waals surface area contributed by atoms with E-state index in [0.717, 1.165) is 0 Å². The van der Waals surface area contributed by atoms with Crippen molar-refractivity contribution in [3.8, 4) is 17.2 Å². The number of methoxy groups -OCH3 is 1. The molecule has 0 radical (unpaired) electrons. The number of carbonyl (C=O) groups is 1. The first kappa shape index (κ1) is 14.0. The fraction of sp³-hybridized carbons (Fsp3) is 0.533. The van der Waals surface area contributed by atoms with Crippen LogP contribution in [0.15, 0.2) is 12.1 Å². The second kappa shape index (κ2) is 5.81. The molecule has 1 saturated heterocycles. The lowest BCUT2D eigenvalue weighted by Gasteiger charge is -2.33. The average Bonchev–Trinajstić information content (AvgIpc) is 2.53. The van der Waals surface area contributed by atoms with Crippen LogP contribution in [-0.4, -0.2) is 56.9 Å². The van der Waals surface area contributed by atoms with E-state index in [0.29, 0.717) is 55.8 Å². The van der Waals surface area contributed by atoms with Crippen LogP contribution in [-0.2, 0) is 4.74 Å². The fourth-order valence-electron chi connectivity index (χ4n) is 2.59. The molecule has 1 aromatic carbocycles. The van der Waals surface area contributed by atoms with Gasteiger partial charge in [0.1, 0.15) is 13.2 Å². The molecule has 0 unspecified atom stereocenters. The standard InChI is InChI=1S/C15H19NO5/c1-10-9-19-4-3-16(10)15(17)11-7-12(18-2)14-13(8-11)20-5-6-21-14/h7-8,10H,3-6,9H2,1-2H3/t10-/m0/s1. The third-order valence-corrected chi connectivity index (χ3v) is 3.70. The van der Waals surface area contributed by atoms with Gasteiger partial charge in [-0.05, 0) is 19.1 Å². The molecule has 0 spiro atoms. The van der Waals surface area contributed by atoms with Gasteiger partial charge in [-0.3, -0.25) is 4.79 Å². The maximum Gasteiger partial charge on any atom is 0.254 e. The predicted octanol–water partition coefficient (Wildman–Crippen LogP) is 1.33. The van der Waals surface area contributed by atoms with Gasteiger partial charge >= 0.3 is 0 Å². The Morgan fingerprint density at radius 3 is 2.86 bits per heavy atom. The lowest BCUT2D eigenvalue weighted by atomic mass is 10.1. The molecule has 2 aliphatic rings. The number of fused-ring (bicyclic) bond motifs is 1. The Morgan fingerprint density at radius 2 is 2.10 bits per heavy atom. The van der Waals surface area contributed by atoms with E-state index in [1.165, 1.54) is 0 Å². The van der Waals surface area contributed by atoms with Gasteiger partial charge in [0.15, 0.2) is 11.5 Å². The van der Waals surface area contributed by atoms with Crippen molar-refractivity contribution in [2.24, 2.45) is 0 Å². The predicted molar refractivity (Wildman–Crippen MR) is 75.3 cm³/mol. The first-order chi connectivity index (χ1) is 10.2. The third-order valence-electron chi connectivity index (χ3n) is 3.70. The fourth-order valence-corrected chi connectivity index (χ4v) is 2.59. The molecule has 0 N–H and O–H groups in total. The molecule has 21 heavy (non-hydrogen) atoms. The van der Waals surface area contributed by atoms with Crippen molar-refractivity contribution in [3.63, 3.8) is 0 Å². The van der Waals surface area contributed by atoms with Crippen molar-refractivity contribution >= 4 is 5.91 Å². The van der Waals surface area contributed by atoms with E-state index in [2.05, 4.69) is 0 Å². The van der Waals surface area contributed by atoms with Gasteiger partial charge in [0.05, 0.1) is 26.4 Å². The molecule has 1 aromatic rings. The lowest BCUT2D eigenvalue weighted by Crippen LogP contribution is -2.47. The summed E-state index contributed by atoms with van der Waals surface area (Å²) in [4.78, 5) is 14.5. The highest BCUT2D eigenvalue weighted by Gasteiger charge is 2.27. The summed E-state index contributed by atoms with van der Waals surface area (Å²) in [6.07, 6.45) is 0. The van der Waals surface area contributed by atoms with E-state index in [9.17, 15) is 4.79 Å². The highest BCUT2D eigenvalue weighted by atomic mass is 16.6. The number of morpholine rings is 1. The van der Waals surface area contributed by atoms with E-state index < -0.39 is 0 Å². The number of carbonyl (C=O) groups excluding carboxylic acids is 1. The van der Waals surface area contributed by atoms with Crippen molar-refractivity contribution in [1.82, 2.24) is 4.90 Å². The summed E-state index contributed by atoms with van der Waals surface area (Å²) in [5.41, 5.74) is 0.546. The Hall–Kier alpha value is -1.95. The van der Waals surface area contributed by atoms with Gasteiger partial charge in [-0.1, -0.05) is 0 Å². The molecule has 114 valence electrons. The Labute approximate surface area is 123 Å². The van der Waals surface area contributed by atoms with Crippen LogP contribution in [0.1, 0.15) is 17.3 Å². The van der Waals surface area contributed by atoms with Crippen LogP contribution in [0.25, 0.3) is 0 Å². The Morgan fingerprint density at radius 1 is 1.29 bits per heavy atom. The number of hydrogen-bond acceptors (Lipinski definition) is 5. The lowest BCUT2D eigenvalue weighted by molar-refractivity contribution is 0.00354. The second-order valence-corrected chi connectivity index (χ2v) is 5.13. The minimum atomic E-state index is -0.0407. The Bertz CT molecular complexity index is 528. The number of ether oxygens (including phenoxy) is 4. The zero-order valence-electron chi connectivity index (χ0n) is 12.3. The Balaban J connectivity index is 1.92. The van der Waals surface area contributed by atoms with Crippen LogP contribution < -0.4 is 14.2 Å². The molecule has 0 aliphatic carbocycles. The number of benzene rings is 1. The van der Waals surface area contributed by atoms with Crippen molar-refractivity contribution < 1.29 is 23.7 Å². The number of rotatable bonds is 2. The first-order valence-corrected chi connectivity index (χ1v) is 7.07. The zero-order chi connectivity index (χ0) is 14.8. The molecule has 3 rings (SSSR count). The summed E-state index contributed by atoms with van der Waals surface area (Å²) in [7, 11) is 1.55. The molecule has 1 atom stereocenters. The number of hydrogen-bond donors (Lipinski definition) is 0. The number of amides is 1. The van der Waals surface area contributed by atoms with Crippen LogP contribution in [0.2, 0.25) is 0 Å². The van der Waals surface area contributed by atoms with Crippen molar-refractivity contribution in [1.29, 1.82) is 0 Å². The van der Waals surface area contributed by atoms with E-state index >= 15 is 0 Å². The van der Waals surface area contributed by atoms with Gasteiger partial charge in [-0.2, -0.15) is 0 Å². The summed E-state index contributed by atoms with van der Waals surface area (Å²) in [5.74, 6) is 1.61. The summed E-state index contributed by atoms with van der Waals surface area (Å²) in [6.45, 7) is 4.66. The van der Waals surface area contributed by atoms with E-state index in [-0.39, 0.29) is 11.9 Å². The third kappa shape index (κ3) is 2.63. The molecule has 6 nitrogen and oxygen atoms in total. The van der Waals surface area contributed by atoms with Crippen molar-refractivity contribution in [2.75, 3.05) is 40.1 Å². The average molecular weight is 293 g/mol. The van der Waals surface area contributed by atoms with Crippen LogP contribution in [0.4, 0.5) is 0 Å². The molecule has 0 saturated carbocycles. The zero-order valence-corrected chi connectivity index (χ0v) is 12.3. The molecule has 2 aliphatic heterocycles. The van der Waals surface area contributed by atoms with Crippen LogP contribution in [0.5, 0.6) is 17.2 Å². The SMILES string of the molecule is COc1cc(C(=O)N2CCOC[C@@H]2C)cc2c1OCCO2. The van der Waals surface area contributed by atoms with E-state index in [1.54, 1.807) is 19.2 Å². The molecule has 2 heterocycles. The van der Waals surface area contributed by atoms with Crippen LogP contribution >= 0.6 is 0 Å². The highest BCUT2D eigenvalue weighted by molar-refractivity contribution is 5.96. The molecular formula is C15H19NO5. The minimum Gasteiger partial charge on any atom is -0.493 e. The van der Waals surface area contributed by atoms with E-state index in [4.69, 9.17) is 18.9 Å². The van der Waals surface area contributed by atoms with Gasteiger partial charge in [0.2, 0.25) is 5.75 Å². The quantitative estimate of drug-likeness (QED) is 0.823. The molecule has 6 heteroatoms. The summed E-state index contributed by atoms with van der Waals surface area (Å²) >= 11 is 0. The normalized spacial score (nSPS) is 21.0. The van der Waals surface area contributed by atoms with Gasteiger partial charge in [-0.25, -0.2) is 0 Å². The van der Waals surface area contributed by atoms with E-state index in [1.807, 2.05) is 11.8 Å². The van der Waals surface area contributed by atoms with Gasteiger partial charge in [0.25, 0.3) is 5.91 Å². The van der Waals surface area contributed by atoms with Gasteiger partial charge in [0, 0.05) is 12.1 Å². The van der Waals surface area contributed by atoms with Gasteiger partial charge in [-0.15, -0.1) is 0 Å². The number of nitrogens with zero attached hydrogens (tertiary/aromatic N) is 1. The highest BCUT2D eigenvalue weighted by Crippen LogP contribution is 2.40. The minimum absolute atomic E-state index is 0.0407. The second-order valence-electron chi connectivity index (χ2n) is 5.13. The summed E-state index contributed by atoms with van der Waals surface area (Å²) in [6, 6.07) is 3.49. The molecular weight excluding hydrogens is 274 g/mol. The Kier molecular flexibility index (Phi) is 3.88. The molecule has 0 bridgehead atoms. The molecule has 0 aromatic heterocycles. The van der Waals surface area contributed by atoms with Crippen molar-refractivity contribution in [3.05, 3.63) is 17.7 Å². The van der Waals surface area contributed by atoms with Crippen LogP contribution in [0, 0.1) is 0 Å². The summed E-state index contributed by atoms with van der Waals surface area (Å²) < 4.78 is 21.8. The molecule has 1 amide bonds. The van der Waals surface area contributed by atoms with Crippen LogP contribution in [0.3, 0.4) is 0 Å². The topological polar surface area (TPSA) is 57.2 Å². The summed E-state index contributed by atoms with van der Waals surface area (Å²) in [5, 5.41) is 0. The maximum absolute atomic E-state index is 12.7. The molecule has 1 fully saturated rings. The smallest absolute Gasteiger partial charge is 0.254 e. The first-order valence-electron chi connectivity index (χ1n) is 7.07. The largest absolute Gasteiger partial charge is 0.493 e. The monoisotopic (exact) mass is 293 g/mol. The maximum atomic E-state index is 12.7. The van der Waals surface area contributed by atoms with Gasteiger partial charge < -0.3 is 23.8 Å². The van der Waals surface area contributed by atoms with Crippen molar-refractivity contribution in [2.45, 2.75) is 13.0 Å².